The zero-order chi connectivity index (χ0) is 22.5. The minimum absolute atomic E-state index is 0.152. The van der Waals surface area contributed by atoms with E-state index in [2.05, 4.69) is 57.3 Å². The largest absolute Gasteiger partial charge is 0.332 e. The lowest BCUT2D eigenvalue weighted by molar-refractivity contribution is -0.692. The Bertz CT molecular complexity index is 952. The highest BCUT2D eigenvalue weighted by molar-refractivity contribution is 7.89. The van der Waals surface area contributed by atoms with Gasteiger partial charge in [0, 0.05) is 31.3 Å². The molecule has 2 rings (SSSR count). The summed E-state index contributed by atoms with van der Waals surface area (Å²) >= 11 is 0. The lowest BCUT2D eigenvalue weighted by Gasteiger charge is -2.20. The van der Waals surface area contributed by atoms with Gasteiger partial charge in [-0.2, -0.15) is 0 Å². The second kappa shape index (κ2) is 10.2. The minimum atomic E-state index is -3.54. The normalized spacial score (nSPS) is 13.1. The van der Waals surface area contributed by atoms with Crippen LogP contribution in [0.4, 0.5) is 5.69 Å². The molecule has 0 aromatic heterocycles. The Hall–Kier alpha value is -2.22. The standard InChI is InChI=1S/C23H33N3O3S/c1-16(2)18-10-12-19(13-11-18)23(17(3)4)24-15-22(27)25-20-8-7-9-21(14-20)30(28,29)26(5)6/h7-14,16-17,23-24H,15H2,1-6H3,(H,25,27)/p+1/t23-/m0/s1. The maximum absolute atomic E-state index is 12.5. The van der Waals surface area contributed by atoms with E-state index in [4.69, 9.17) is 0 Å². The van der Waals surface area contributed by atoms with Crippen LogP contribution in [0.15, 0.2) is 53.4 Å². The van der Waals surface area contributed by atoms with Crippen LogP contribution in [0.3, 0.4) is 0 Å². The number of carbonyl (C=O) groups is 1. The molecule has 2 aromatic rings. The topological polar surface area (TPSA) is 83.1 Å². The van der Waals surface area contributed by atoms with Crippen LogP contribution in [0.2, 0.25) is 0 Å². The third-order valence-electron chi connectivity index (χ3n) is 5.16. The molecule has 2 aromatic carbocycles. The van der Waals surface area contributed by atoms with E-state index >= 15 is 0 Å². The molecule has 0 aliphatic carbocycles. The predicted molar refractivity (Wildman–Crippen MR) is 121 cm³/mol. The first-order valence-corrected chi connectivity index (χ1v) is 11.7. The van der Waals surface area contributed by atoms with Crippen LogP contribution >= 0.6 is 0 Å². The van der Waals surface area contributed by atoms with E-state index in [-0.39, 0.29) is 23.4 Å². The van der Waals surface area contributed by atoms with Crippen molar-refractivity contribution in [2.24, 2.45) is 5.92 Å². The van der Waals surface area contributed by atoms with E-state index in [9.17, 15) is 13.2 Å². The van der Waals surface area contributed by atoms with Crippen molar-refractivity contribution in [2.45, 2.75) is 44.6 Å². The fourth-order valence-electron chi connectivity index (χ4n) is 3.29. The first-order valence-electron chi connectivity index (χ1n) is 10.3. The van der Waals surface area contributed by atoms with E-state index in [0.29, 0.717) is 17.5 Å². The summed E-state index contributed by atoms with van der Waals surface area (Å²) < 4.78 is 25.7. The number of nitrogens with one attached hydrogen (secondary N) is 1. The number of benzene rings is 2. The van der Waals surface area contributed by atoms with Gasteiger partial charge in [-0.1, -0.05) is 58.0 Å². The van der Waals surface area contributed by atoms with E-state index in [1.165, 1.54) is 37.4 Å². The van der Waals surface area contributed by atoms with Crippen LogP contribution in [-0.2, 0) is 14.8 Å². The molecule has 7 heteroatoms. The highest BCUT2D eigenvalue weighted by Gasteiger charge is 2.21. The SMILES string of the molecule is CC(C)c1ccc([C@@H]([NH2+]CC(=O)Nc2cccc(S(=O)(=O)N(C)C)c2)C(C)C)cc1. The van der Waals surface area contributed by atoms with E-state index < -0.39 is 10.0 Å². The summed E-state index contributed by atoms with van der Waals surface area (Å²) in [6.45, 7) is 8.88. The Kier molecular flexibility index (Phi) is 8.18. The molecule has 1 amide bonds. The lowest BCUT2D eigenvalue weighted by Crippen LogP contribution is -2.88. The molecular weight excluding hydrogens is 398 g/mol. The molecule has 0 bridgehead atoms. The van der Waals surface area contributed by atoms with Crippen molar-refractivity contribution in [3.63, 3.8) is 0 Å². The van der Waals surface area contributed by atoms with Gasteiger partial charge < -0.3 is 10.6 Å². The van der Waals surface area contributed by atoms with Gasteiger partial charge in [-0.25, -0.2) is 12.7 Å². The van der Waals surface area contributed by atoms with Crippen molar-refractivity contribution in [3.05, 3.63) is 59.7 Å². The number of carbonyl (C=O) groups excluding carboxylic acids is 1. The zero-order valence-electron chi connectivity index (χ0n) is 18.7. The smallest absolute Gasteiger partial charge is 0.279 e. The fraction of sp³-hybridized carbons (Fsp3) is 0.435. The Labute approximate surface area is 180 Å². The van der Waals surface area contributed by atoms with Gasteiger partial charge in [-0.05, 0) is 29.7 Å². The van der Waals surface area contributed by atoms with Gasteiger partial charge in [0.05, 0.1) is 4.90 Å². The molecule has 0 unspecified atom stereocenters. The number of hydrogen-bond acceptors (Lipinski definition) is 3. The number of amides is 1. The monoisotopic (exact) mass is 432 g/mol. The lowest BCUT2D eigenvalue weighted by atomic mass is 9.93. The number of hydrogen-bond donors (Lipinski definition) is 2. The molecule has 0 fully saturated rings. The number of nitrogens with two attached hydrogens (primary N) is 1. The molecule has 0 aliphatic rings. The summed E-state index contributed by atoms with van der Waals surface area (Å²) in [6, 6.07) is 15.1. The predicted octanol–water partition coefficient (Wildman–Crippen LogP) is 2.96. The third-order valence-corrected chi connectivity index (χ3v) is 6.97. The quantitative estimate of drug-likeness (QED) is 0.639. The Morgan fingerprint density at radius 3 is 2.13 bits per heavy atom. The Morgan fingerprint density at radius 2 is 1.60 bits per heavy atom. The molecule has 0 heterocycles. The summed E-state index contributed by atoms with van der Waals surface area (Å²) in [7, 11) is -0.581. The molecule has 0 radical (unpaired) electrons. The van der Waals surface area contributed by atoms with Crippen LogP contribution < -0.4 is 10.6 Å². The van der Waals surface area contributed by atoms with Crippen molar-refractivity contribution in [2.75, 3.05) is 26.0 Å². The maximum Gasteiger partial charge on any atom is 0.279 e. The molecule has 6 nitrogen and oxygen atoms in total. The summed E-state index contributed by atoms with van der Waals surface area (Å²) in [6.07, 6.45) is 0. The highest BCUT2D eigenvalue weighted by atomic mass is 32.2. The van der Waals surface area contributed by atoms with Gasteiger partial charge >= 0.3 is 0 Å². The van der Waals surface area contributed by atoms with Crippen molar-refractivity contribution < 1.29 is 18.5 Å². The van der Waals surface area contributed by atoms with Crippen LogP contribution in [0.5, 0.6) is 0 Å². The summed E-state index contributed by atoms with van der Waals surface area (Å²) in [4.78, 5) is 12.7. The fourth-order valence-corrected chi connectivity index (χ4v) is 4.24. The van der Waals surface area contributed by atoms with Gasteiger partial charge in [0.15, 0.2) is 6.54 Å². The first-order chi connectivity index (χ1) is 14.0. The molecule has 164 valence electrons. The molecular formula is C23H34N3O3S+. The highest BCUT2D eigenvalue weighted by Crippen LogP contribution is 2.21. The zero-order valence-corrected chi connectivity index (χ0v) is 19.5. The average Bonchev–Trinajstić information content (AvgIpc) is 2.68. The van der Waals surface area contributed by atoms with Crippen LogP contribution in [0, 0.1) is 5.92 Å². The molecule has 3 N–H and O–H groups in total. The number of sulfonamides is 1. The molecule has 1 atom stereocenters. The summed E-state index contributed by atoms with van der Waals surface area (Å²) in [5, 5.41) is 4.84. The van der Waals surface area contributed by atoms with Crippen LogP contribution in [-0.4, -0.2) is 39.3 Å². The maximum atomic E-state index is 12.5. The number of nitrogens with zero attached hydrogens (tertiary/aromatic N) is 1. The van der Waals surface area contributed by atoms with Gasteiger partial charge in [-0.3, -0.25) is 4.79 Å². The van der Waals surface area contributed by atoms with Gasteiger partial charge in [0.2, 0.25) is 10.0 Å². The molecule has 0 saturated heterocycles. The van der Waals surface area contributed by atoms with E-state index in [1.807, 2.05) is 5.32 Å². The Morgan fingerprint density at radius 1 is 1.00 bits per heavy atom. The van der Waals surface area contributed by atoms with Crippen molar-refractivity contribution >= 4 is 21.6 Å². The number of rotatable bonds is 9. The average molecular weight is 433 g/mol. The first kappa shape index (κ1) is 24.1. The van der Waals surface area contributed by atoms with Crippen molar-refractivity contribution in [3.8, 4) is 0 Å². The number of anilines is 1. The summed E-state index contributed by atoms with van der Waals surface area (Å²) in [5.41, 5.74) is 2.96. The third kappa shape index (κ3) is 6.14. The second-order valence-electron chi connectivity index (χ2n) is 8.39. The van der Waals surface area contributed by atoms with Crippen molar-refractivity contribution in [1.82, 2.24) is 4.31 Å². The van der Waals surface area contributed by atoms with Gasteiger partial charge in [0.25, 0.3) is 5.91 Å². The molecule has 0 saturated carbocycles. The second-order valence-corrected chi connectivity index (χ2v) is 10.5. The Balaban J connectivity index is 2.05. The van der Waals surface area contributed by atoms with Gasteiger partial charge in [-0.15, -0.1) is 0 Å². The van der Waals surface area contributed by atoms with Gasteiger partial charge in [0.1, 0.15) is 6.04 Å². The minimum Gasteiger partial charge on any atom is -0.332 e. The van der Waals surface area contributed by atoms with Crippen LogP contribution in [0.1, 0.15) is 50.8 Å². The van der Waals surface area contributed by atoms with E-state index in [1.54, 1.807) is 12.1 Å². The molecule has 0 spiro atoms. The number of quaternary nitrogens is 1. The summed E-state index contributed by atoms with van der Waals surface area (Å²) in [5.74, 6) is 0.675. The molecule has 30 heavy (non-hydrogen) atoms. The van der Waals surface area contributed by atoms with Crippen molar-refractivity contribution in [1.29, 1.82) is 0 Å². The van der Waals surface area contributed by atoms with Crippen LogP contribution in [0.25, 0.3) is 0 Å². The van der Waals surface area contributed by atoms with E-state index in [0.717, 1.165) is 4.31 Å². The molecule has 0 aliphatic heterocycles.